The number of aliphatic hydroxyl groups excluding tert-OH is 1. The second-order valence-corrected chi connectivity index (χ2v) is 5.57. The van der Waals surface area contributed by atoms with E-state index in [4.69, 9.17) is 4.74 Å². The Kier molecular flexibility index (Phi) is 3.28. The number of H-pyrrole nitrogens is 1. The van der Waals surface area contributed by atoms with E-state index in [9.17, 15) is 5.11 Å². The van der Waals surface area contributed by atoms with Crippen LogP contribution < -0.4 is 10.2 Å². The van der Waals surface area contributed by atoms with E-state index in [-0.39, 0.29) is 6.04 Å². The minimum atomic E-state index is -0.706. The molecule has 5 heteroatoms. The molecule has 4 rings (SSSR count). The highest BCUT2D eigenvalue weighted by atomic mass is 16.5. The topological polar surface area (TPSA) is 69.6 Å². The molecule has 1 aliphatic rings. The molecule has 2 heterocycles. The van der Waals surface area contributed by atoms with Gasteiger partial charge in [-0.3, -0.25) is 5.43 Å². The van der Waals surface area contributed by atoms with E-state index in [1.54, 1.807) is 7.11 Å². The molecule has 116 valence electrons. The van der Waals surface area contributed by atoms with Crippen LogP contribution in [0, 0.1) is 0 Å². The summed E-state index contributed by atoms with van der Waals surface area (Å²) in [6.07, 6.45) is 1.19. The predicted molar refractivity (Wildman–Crippen MR) is 89.7 cm³/mol. The van der Waals surface area contributed by atoms with Gasteiger partial charge in [-0.1, -0.05) is 30.3 Å². The van der Waals surface area contributed by atoms with Crippen LogP contribution in [0.5, 0.6) is 5.75 Å². The first-order valence-electron chi connectivity index (χ1n) is 7.49. The lowest BCUT2D eigenvalue weighted by Crippen LogP contribution is -2.27. The third-order valence-corrected chi connectivity index (χ3v) is 4.26. The third-order valence-electron chi connectivity index (χ3n) is 4.26. The molecular formula is C18H17N3O2. The van der Waals surface area contributed by atoms with Crippen LogP contribution in [0.3, 0.4) is 0 Å². The SMILES string of the molecule is COc1ccc([C@H]2NN=C(c3c[nH]c4ccccc34)[C@@H]2O)cc1. The first-order chi connectivity index (χ1) is 11.3. The van der Waals surface area contributed by atoms with Crippen molar-refractivity contribution in [2.75, 3.05) is 7.11 Å². The summed E-state index contributed by atoms with van der Waals surface area (Å²) in [6, 6.07) is 15.4. The first kappa shape index (κ1) is 13.8. The molecule has 3 aromatic rings. The maximum atomic E-state index is 10.7. The Balaban J connectivity index is 1.65. The number of benzene rings is 2. The first-order valence-corrected chi connectivity index (χ1v) is 7.49. The molecule has 23 heavy (non-hydrogen) atoms. The largest absolute Gasteiger partial charge is 0.497 e. The Morgan fingerprint density at radius 1 is 1.09 bits per heavy atom. The average Bonchev–Trinajstić information content (AvgIpc) is 3.18. The van der Waals surface area contributed by atoms with Crippen molar-refractivity contribution in [1.82, 2.24) is 10.4 Å². The van der Waals surface area contributed by atoms with E-state index >= 15 is 0 Å². The van der Waals surface area contributed by atoms with Crippen molar-refractivity contribution in [2.45, 2.75) is 12.1 Å². The van der Waals surface area contributed by atoms with Gasteiger partial charge >= 0.3 is 0 Å². The highest BCUT2D eigenvalue weighted by Crippen LogP contribution is 2.29. The summed E-state index contributed by atoms with van der Waals surface area (Å²) in [5.41, 5.74) is 6.63. The fourth-order valence-electron chi connectivity index (χ4n) is 3.00. The summed E-state index contributed by atoms with van der Waals surface area (Å²) >= 11 is 0. The maximum Gasteiger partial charge on any atom is 0.124 e. The summed E-state index contributed by atoms with van der Waals surface area (Å²) in [6.45, 7) is 0. The highest BCUT2D eigenvalue weighted by molar-refractivity contribution is 6.13. The summed E-state index contributed by atoms with van der Waals surface area (Å²) < 4.78 is 5.17. The zero-order valence-electron chi connectivity index (χ0n) is 12.7. The van der Waals surface area contributed by atoms with Gasteiger partial charge in [-0.2, -0.15) is 5.10 Å². The molecule has 0 unspecified atom stereocenters. The van der Waals surface area contributed by atoms with Gasteiger partial charge in [0, 0.05) is 22.7 Å². The summed E-state index contributed by atoms with van der Waals surface area (Å²) in [5.74, 6) is 0.791. The number of hydrazone groups is 1. The van der Waals surface area contributed by atoms with E-state index in [0.29, 0.717) is 5.71 Å². The van der Waals surface area contributed by atoms with Crippen molar-refractivity contribution in [3.05, 3.63) is 65.9 Å². The molecule has 1 aromatic heterocycles. The Morgan fingerprint density at radius 3 is 2.65 bits per heavy atom. The lowest BCUT2D eigenvalue weighted by atomic mass is 9.96. The van der Waals surface area contributed by atoms with Crippen LogP contribution >= 0.6 is 0 Å². The maximum absolute atomic E-state index is 10.7. The number of aliphatic hydroxyl groups is 1. The van der Waals surface area contributed by atoms with Gasteiger partial charge in [0.15, 0.2) is 0 Å². The summed E-state index contributed by atoms with van der Waals surface area (Å²) in [7, 11) is 1.63. The number of ether oxygens (including phenoxy) is 1. The molecule has 0 fully saturated rings. The zero-order valence-corrected chi connectivity index (χ0v) is 12.7. The molecule has 1 aliphatic heterocycles. The standard InChI is InChI=1S/C18H17N3O2/c1-23-12-8-6-11(7-9-12)16-18(22)17(21-20-16)14-10-19-15-5-3-2-4-13(14)15/h2-10,16,18-20,22H,1H3/t16-,18-/m1/s1. The number of hydrogen-bond donors (Lipinski definition) is 3. The van der Waals surface area contributed by atoms with Gasteiger partial charge < -0.3 is 14.8 Å². The van der Waals surface area contributed by atoms with Crippen LogP contribution in [0.25, 0.3) is 10.9 Å². The van der Waals surface area contributed by atoms with Crippen molar-refractivity contribution in [3.63, 3.8) is 0 Å². The molecule has 0 aliphatic carbocycles. The molecule has 0 spiro atoms. The van der Waals surface area contributed by atoms with E-state index in [0.717, 1.165) is 27.8 Å². The average molecular weight is 307 g/mol. The minimum Gasteiger partial charge on any atom is -0.497 e. The molecule has 0 saturated heterocycles. The molecule has 3 N–H and O–H groups in total. The number of nitrogens with one attached hydrogen (secondary N) is 2. The van der Waals surface area contributed by atoms with Crippen LogP contribution in [0.15, 0.2) is 59.8 Å². The van der Waals surface area contributed by atoms with Crippen molar-refractivity contribution in [2.24, 2.45) is 5.10 Å². The van der Waals surface area contributed by atoms with Gasteiger partial charge in [0.2, 0.25) is 0 Å². The van der Waals surface area contributed by atoms with E-state index < -0.39 is 6.10 Å². The van der Waals surface area contributed by atoms with Gasteiger partial charge in [-0.15, -0.1) is 0 Å². The monoisotopic (exact) mass is 307 g/mol. The highest BCUT2D eigenvalue weighted by Gasteiger charge is 2.33. The van der Waals surface area contributed by atoms with Crippen LogP contribution in [0.1, 0.15) is 17.2 Å². The predicted octanol–water partition coefficient (Wildman–Crippen LogP) is 2.59. The van der Waals surface area contributed by atoms with Gasteiger partial charge in [0.1, 0.15) is 23.6 Å². The smallest absolute Gasteiger partial charge is 0.124 e. The van der Waals surface area contributed by atoms with Gasteiger partial charge in [0.05, 0.1) is 7.11 Å². The molecule has 5 nitrogen and oxygen atoms in total. The number of aromatic nitrogens is 1. The zero-order chi connectivity index (χ0) is 15.8. The van der Waals surface area contributed by atoms with Gasteiger partial charge in [0.25, 0.3) is 0 Å². The lowest BCUT2D eigenvalue weighted by Gasteiger charge is -2.16. The Labute approximate surface area is 133 Å². The molecule has 2 atom stereocenters. The molecule has 2 aromatic carbocycles. The number of fused-ring (bicyclic) bond motifs is 1. The number of rotatable bonds is 3. The number of para-hydroxylation sites is 1. The van der Waals surface area contributed by atoms with Crippen LogP contribution in [-0.2, 0) is 0 Å². The van der Waals surface area contributed by atoms with Gasteiger partial charge in [-0.25, -0.2) is 0 Å². The van der Waals surface area contributed by atoms with Crippen molar-refractivity contribution in [3.8, 4) is 5.75 Å². The van der Waals surface area contributed by atoms with Crippen molar-refractivity contribution >= 4 is 16.6 Å². The molecule has 0 saturated carbocycles. The molecule has 0 amide bonds. The second-order valence-electron chi connectivity index (χ2n) is 5.57. The fourth-order valence-corrected chi connectivity index (χ4v) is 3.00. The normalized spacial score (nSPS) is 20.3. The lowest BCUT2D eigenvalue weighted by molar-refractivity contribution is 0.207. The number of nitrogens with zero attached hydrogens (tertiary/aromatic N) is 1. The number of aromatic amines is 1. The minimum absolute atomic E-state index is 0.260. The quantitative estimate of drug-likeness (QED) is 0.696. The fraction of sp³-hybridized carbons (Fsp3) is 0.167. The number of methoxy groups -OCH3 is 1. The van der Waals surface area contributed by atoms with Gasteiger partial charge in [-0.05, 0) is 23.8 Å². The van der Waals surface area contributed by atoms with Crippen LogP contribution in [-0.4, -0.2) is 29.0 Å². The summed E-state index contributed by atoms with van der Waals surface area (Å²) in [5, 5.41) is 16.2. The third kappa shape index (κ3) is 2.26. The van der Waals surface area contributed by atoms with E-state index in [1.165, 1.54) is 0 Å². The van der Waals surface area contributed by atoms with Crippen molar-refractivity contribution in [1.29, 1.82) is 0 Å². The number of hydrogen-bond acceptors (Lipinski definition) is 4. The Bertz CT molecular complexity index is 867. The Morgan fingerprint density at radius 2 is 1.87 bits per heavy atom. The van der Waals surface area contributed by atoms with Crippen LogP contribution in [0.4, 0.5) is 0 Å². The van der Waals surface area contributed by atoms with E-state index in [2.05, 4.69) is 15.5 Å². The van der Waals surface area contributed by atoms with E-state index in [1.807, 2.05) is 54.7 Å². The van der Waals surface area contributed by atoms with Crippen molar-refractivity contribution < 1.29 is 9.84 Å². The summed E-state index contributed by atoms with van der Waals surface area (Å²) in [4.78, 5) is 3.22. The molecular weight excluding hydrogens is 290 g/mol. The van der Waals surface area contributed by atoms with Crippen LogP contribution in [0.2, 0.25) is 0 Å². The Hall–Kier alpha value is -2.79. The molecule has 0 bridgehead atoms. The second kappa shape index (κ2) is 5.44. The molecule has 0 radical (unpaired) electrons.